The summed E-state index contributed by atoms with van der Waals surface area (Å²) in [5, 5.41) is 0. The van der Waals surface area contributed by atoms with Gasteiger partial charge in [0.05, 0.1) is 11.9 Å². The molecule has 0 amide bonds. The van der Waals surface area contributed by atoms with E-state index in [-0.39, 0.29) is 0 Å². The van der Waals surface area contributed by atoms with Crippen LogP contribution in [0, 0.1) is 6.92 Å². The Hall–Kier alpha value is -1.35. The predicted molar refractivity (Wildman–Crippen MR) is 78.4 cm³/mol. The number of fused-ring (bicyclic) bond motifs is 1. The van der Waals surface area contributed by atoms with Gasteiger partial charge in [-0.1, -0.05) is 17.7 Å². The molecule has 2 aromatic rings. The predicted octanol–water partition coefficient (Wildman–Crippen LogP) is 4.24. The number of halogens is 1. The van der Waals surface area contributed by atoms with Gasteiger partial charge in [-0.05, 0) is 53.4 Å². The van der Waals surface area contributed by atoms with Crippen molar-refractivity contribution in [2.24, 2.45) is 0 Å². The topological polar surface area (TPSA) is 16.1 Å². The van der Waals surface area contributed by atoms with E-state index < -0.39 is 0 Å². The maximum Gasteiger partial charge on any atom is 0.0608 e. The summed E-state index contributed by atoms with van der Waals surface area (Å²) in [6.45, 7) is 3.22. The second-order valence-corrected chi connectivity index (χ2v) is 5.66. The second kappa shape index (κ2) is 4.73. The van der Waals surface area contributed by atoms with Crippen LogP contribution in [0.3, 0.4) is 0 Å². The maximum absolute atomic E-state index is 4.26. The highest BCUT2D eigenvalue weighted by molar-refractivity contribution is 9.10. The van der Waals surface area contributed by atoms with E-state index in [0.717, 1.165) is 16.7 Å². The quantitative estimate of drug-likeness (QED) is 0.783. The molecule has 0 radical (unpaired) electrons. The molecule has 18 heavy (non-hydrogen) atoms. The van der Waals surface area contributed by atoms with Gasteiger partial charge in [0, 0.05) is 22.9 Å². The van der Waals surface area contributed by atoms with Gasteiger partial charge in [0.15, 0.2) is 0 Å². The molecule has 2 heterocycles. The van der Waals surface area contributed by atoms with Crippen LogP contribution >= 0.6 is 15.9 Å². The van der Waals surface area contributed by atoms with E-state index in [0.29, 0.717) is 0 Å². The molecule has 0 aliphatic carbocycles. The molecule has 3 rings (SSSR count). The van der Waals surface area contributed by atoms with Crippen molar-refractivity contribution in [3.8, 4) is 0 Å². The van der Waals surface area contributed by atoms with E-state index >= 15 is 0 Å². The number of aromatic nitrogens is 1. The van der Waals surface area contributed by atoms with Gasteiger partial charge in [-0.15, -0.1) is 0 Å². The van der Waals surface area contributed by atoms with Crippen molar-refractivity contribution in [2.45, 2.75) is 19.8 Å². The molecule has 0 bridgehead atoms. The molecule has 1 aromatic carbocycles. The van der Waals surface area contributed by atoms with E-state index in [1.165, 1.54) is 29.7 Å². The van der Waals surface area contributed by atoms with Gasteiger partial charge in [-0.25, -0.2) is 0 Å². The number of benzene rings is 1. The number of rotatable bonds is 1. The van der Waals surface area contributed by atoms with Gasteiger partial charge in [-0.3, -0.25) is 4.98 Å². The number of hydrogen-bond acceptors (Lipinski definition) is 2. The molecular formula is C15H15BrN2. The summed E-state index contributed by atoms with van der Waals surface area (Å²) in [7, 11) is 0. The Kier molecular flexibility index (Phi) is 3.08. The molecule has 3 heteroatoms. The largest absolute Gasteiger partial charge is 0.340 e. The fourth-order valence-corrected chi connectivity index (χ4v) is 2.90. The second-order valence-electron chi connectivity index (χ2n) is 4.75. The Labute approximate surface area is 116 Å². The first-order chi connectivity index (χ1) is 8.74. The molecule has 1 aromatic heterocycles. The third kappa shape index (κ3) is 2.15. The first-order valence-electron chi connectivity index (χ1n) is 6.22. The summed E-state index contributed by atoms with van der Waals surface area (Å²) in [5.74, 6) is 0. The van der Waals surface area contributed by atoms with Crippen LogP contribution in [0.2, 0.25) is 0 Å². The molecule has 0 fully saturated rings. The van der Waals surface area contributed by atoms with Crippen LogP contribution in [0.4, 0.5) is 11.4 Å². The first-order valence-corrected chi connectivity index (χ1v) is 7.01. The third-order valence-corrected chi connectivity index (χ3v) is 3.79. The van der Waals surface area contributed by atoms with Crippen LogP contribution in [0.5, 0.6) is 0 Å². The molecule has 92 valence electrons. The number of pyridine rings is 1. The maximum atomic E-state index is 4.26. The summed E-state index contributed by atoms with van der Waals surface area (Å²) in [4.78, 5) is 6.62. The molecule has 1 aliphatic heterocycles. The molecule has 0 saturated heterocycles. The van der Waals surface area contributed by atoms with E-state index in [2.05, 4.69) is 57.0 Å². The van der Waals surface area contributed by atoms with Crippen LogP contribution in [-0.4, -0.2) is 11.5 Å². The summed E-state index contributed by atoms with van der Waals surface area (Å²) in [5.41, 5.74) is 5.27. The zero-order valence-electron chi connectivity index (χ0n) is 10.4. The number of nitrogens with zero attached hydrogens (tertiary/aromatic N) is 2. The minimum Gasteiger partial charge on any atom is -0.340 e. The molecule has 1 aliphatic rings. The highest BCUT2D eigenvalue weighted by Crippen LogP contribution is 2.34. The Bertz CT molecular complexity index is 580. The number of hydrogen-bond donors (Lipinski definition) is 0. The van der Waals surface area contributed by atoms with Crippen molar-refractivity contribution in [1.82, 2.24) is 4.98 Å². The minimum atomic E-state index is 1.03. The lowest BCUT2D eigenvalue weighted by Gasteiger charge is -2.31. The van der Waals surface area contributed by atoms with Crippen molar-refractivity contribution < 1.29 is 0 Å². The molecule has 0 N–H and O–H groups in total. The van der Waals surface area contributed by atoms with Crippen LogP contribution in [0.25, 0.3) is 0 Å². The summed E-state index contributed by atoms with van der Waals surface area (Å²) < 4.78 is 1.03. The third-order valence-electron chi connectivity index (χ3n) is 3.36. The van der Waals surface area contributed by atoms with Gasteiger partial charge < -0.3 is 4.90 Å². The fraction of sp³-hybridized carbons (Fsp3) is 0.267. The lowest BCUT2D eigenvalue weighted by Crippen LogP contribution is -2.24. The van der Waals surface area contributed by atoms with Crippen molar-refractivity contribution in [3.63, 3.8) is 0 Å². The molecular weight excluding hydrogens is 288 g/mol. The van der Waals surface area contributed by atoms with Gasteiger partial charge in [0.1, 0.15) is 0 Å². The lowest BCUT2D eigenvalue weighted by molar-refractivity contribution is 0.764. The van der Waals surface area contributed by atoms with Crippen LogP contribution < -0.4 is 4.90 Å². The Morgan fingerprint density at radius 1 is 1.22 bits per heavy atom. The molecule has 0 saturated carbocycles. The van der Waals surface area contributed by atoms with Crippen molar-refractivity contribution in [2.75, 3.05) is 11.4 Å². The van der Waals surface area contributed by atoms with Gasteiger partial charge in [-0.2, -0.15) is 0 Å². The van der Waals surface area contributed by atoms with Crippen LogP contribution in [-0.2, 0) is 6.42 Å². The zero-order chi connectivity index (χ0) is 12.5. The molecule has 0 spiro atoms. The van der Waals surface area contributed by atoms with Crippen molar-refractivity contribution >= 4 is 27.3 Å². The average molecular weight is 303 g/mol. The van der Waals surface area contributed by atoms with Crippen molar-refractivity contribution in [1.29, 1.82) is 0 Å². The SMILES string of the molecule is Cc1ccc2c(c1)CCCN2c1cncc(Br)c1. The lowest BCUT2D eigenvalue weighted by atomic mass is 9.99. The monoisotopic (exact) mass is 302 g/mol. The molecule has 0 atom stereocenters. The van der Waals surface area contributed by atoms with Gasteiger partial charge >= 0.3 is 0 Å². The normalized spacial score (nSPS) is 14.4. The average Bonchev–Trinajstić information content (AvgIpc) is 2.37. The zero-order valence-corrected chi connectivity index (χ0v) is 11.9. The van der Waals surface area contributed by atoms with Gasteiger partial charge in [0.2, 0.25) is 0 Å². The van der Waals surface area contributed by atoms with Crippen LogP contribution in [0.1, 0.15) is 17.5 Å². The van der Waals surface area contributed by atoms with Crippen LogP contribution in [0.15, 0.2) is 41.1 Å². The molecule has 0 unspecified atom stereocenters. The standard InChI is InChI=1S/C15H15BrN2/c1-11-4-5-15-12(7-11)3-2-6-18(15)14-8-13(16)9-17-10-14/h4-5,7-10H,2-3,6H2,1H3. The van der Waals surface area contributed by atoms with E-state index in [1.54, 1.807) is 0 Å². The Morgan fingerprint density at radius 3 is 2.94 bits per heavy atom. The summed E-state index contributed by atoms with van der Waals surface area (Å²) in [6, 6.07) is 8.84. The highest BCUT2D eigenvalue weighted by Gasteiger charge is 2.18. The Balaban J connectivity index is 2.06. The van der Waals surface area contributed by atoms with E-state index in [1.807, 2.05) is 12.4 Å². The highest BCUT2D eigenvalue weighted by atomic mass is 79.9. The Morgan fingerprint density at radius 2 is 2.11 bits per heavy atom. The number of aryl methyl sites for hydroxylation is 2. The van der Waals surface area contributed by atoms with Gasteiger partial charge in [0.25, 0.3) is 0 Å². The minimum absolute atomic E-state index is 1.03. The summed E-state index contributed by atoms with van der Waals surface area (Å²) in [6.07, 6.45) is 6.13. The molecule has 2 nitrogen and oxygen atoms in total. The van der Waals surface area contributed by atoms with E-state index in [9.17, 15) is 0 Å². The fourth-order valence-electron chi connectivity index (χ4n) is 2.54. The summed E-state index contributed by atoms with van der Waals surface area (Å²) >= 11 is 3.49. The van der Waals surface area contributed by atoms with Crippen molar-refractivity contribution in [3.05, 3.63) is 52.3 Å². The van der Waals surface area contributed by atoms with E-state index in [4.69, 9.17) is 0 Å². The number of anilines is 2. The first kappa shape index (κ1) is 11.7. The smallest absolute Gasteiger partial charge is 0.0608 e.